The summed E-state index contributed by atoms with van der Waals surface area (Å²) < 4.78 is 41.7. The molecule has 1 saturated heterocycles. The molecular formula is C20H32F3IN4O. The van der Waals surface area contributed by atoms with Crippen LogP contribution in [0.1, 0.15) is 38.7 Å². The van der Waals surface area contributed by atoms with Gasteiger partial charge in [-0.2, -0.15) is 13.2 Å². The summed E-state index contributed by atoms with van der Waals surface area (Å²) in [6.07, 6.45) is -1.02. The number of nitrogens with zero attached hydrogens (tertiary/aromatic N) is 2. The van der Waals surface area contributed by atoms with Gasteiger partial charge >= 0.3 is 6.18 Å². The summed E-state index contributed by atoms with van der Waals surface area (Å²) in [7, 11) is 0. The molecule has 0 radical (unpaired) electrons. The summed E-state index contributed by atoms with van der Waals surface area (Å²) in [5, 5.41) is 6.72. The number of rotatable bonds is 8. The highest BCUT2D eigenvalue weighted by Gasteiger charge is 2.28. The number of hydrogen-bond acceptors (Lipinski definition) is 3. The number of nitrogens with one attached hydrogen (secondary N) is 2. The fourth-order valence-electron chi connectivity index (χ4n) is 3.20. The SMILES string of the molecule is CCCN1CCC(NC(=NCc2cccc(OCC(F)(F)F)c2)NCC)CC1.I. The zero-order valence-corrected chi connectivity index (χ0v) is 19.4. The summed E-state index contributed by atoms with van der Waals surface area (Å²) in [5.74, 6) is 0.935. The molecule has 0 unspecified atom stereocenters. The number of benzene rings is 1. The van der Waals surface area contributed by atoms with Gasteiger partial charge in [-0.15, -0.1) is 24.0 Å². The fraction of sp³-hybridized carbons (Fsp3) is 0.650. The van der Waals surface area contributed by atoms with E-state index in [0.717, 1.165) is 50.5 Å². The number of likely N-dealkylation sites (tertiary alicyclic amines) is 1. The third-order valence-corrected chi connectivity index (χ3v) is 4.53. The molecule has 0 aliphatic carbocycles. The normalized spacial score (nSPS) is 16.2. The first-order chi connectivity index (χ1) is 13.4. The van der Waals surface area contributed by atoms with E-state index in [0.29, 0.717) is 12.6 Å². The number of aliphatic imine (C=N–C) groups is 1. The number of guanidine groups is 1. The molecule has 1 aliphatic heterocycles. The van der Waals surface area contributed by atoms with E-state index in [2.05, 4.69) is 27.4 Å². The fourth-order valence-corrected chi connectivity index (χ4v) is 3.20. The predicted octanol–water partition coefficient (Wildman–Crippen LogP) is 4.18. The minimum absolute atomic E-state index is 0. The van der Waals surface area contributed by atoms with E-state index in [9.17, 15) is 13.2 Å². The maximum atomic E-state index is 12.3. The van der Waals surface area contributed by atoms with Gasteiger partial charge in [0.2, 0.25) is 0 Å². The van der Waals surface area contributed by atoms with Gasteiger partial charge in [-0.1, -0.05) is 19.1 Å². The van der Waals surface area contributed by atoms with E-state index in [4.69, 9.17) is 4.74 Å². The van der Waals surface area contributed by atoms with Crippen LogP contribution in [0.4, 0.5) is 13.2 Å². The molecule has 9 heteroatoms. The van der Waals surface area contributed by atoms with Gasteiger partial charge in [-0.25, -0.2) is 4.99 Å². The first-order valence-corrected chi connectivity index (χ1v) is 9.95. The molecule has 1 aromatic carbocycles. The van der Waals surface area contributed by atoms with Gasteiger partial charge in [0.05, 0.1) is 6.54 Å². The zero-order chi connectivity index (χ0) is 20.4. The maximum Gasteiger partial charge on any atom is 0.422 e. The summed E-state index contributed by atoms with van der Waals surface area (Å²) in [4.78, 5) is 7.07. The quantitative estimate of drug-likeness (QED) is 0.302. The Morgan fingerprint density at radius 2 is 1.97 bits per heavy atom. The van der Waals surface area contributed by atoms with Crippen molar-refractivity contribution >= 4 is 29.9 Å². The number of halogens is 4. The lowest BCUT2D eigenvalue weighted by Crippen LogP contribution is -2.48. The van der Waals surface area contributed by atoms with Crippen LogP contribution in [-0.4, -0.2) is 55.9 Å². The molecule has 2 N–H and O–H groups in total. The largest absolute Gasteiger partial charge is 0.484 e. The molecule has 1 fully saturated rings. The Hall–Kier alpha value is -1.23. The van der Waals surface area contributed by atoms with Crippen molar-refractivity contribution < 1.29 is 17.9 Å². The molecular weight excluding hydrogens is 496 g/mol. The Morgan fingerprint density at radius 3 is 2.59 bits per heavy atom. The highest BCUT2D eigenvalue weighted by Crippen LogP contribution is 2.19. The molecule has 0 amide bonds. The molecule has 0 atom stereocenters. The monoisotopic (exact) mass is 528 g/mol. The van der Waals surface area contributed by atoms with Crippen molar-refractivity contribution in [3.63, 3.8) is 0 Å². The average molecular weight is 528 g/mol. The minimum atomic E-state index is -4.34. The summed E-state index contributed by atoms with van der Waals surface area (Å²) in [6.45, 7) is 7.35. The molecule has 1 heterocycles. The highest BCUT2D eigenvalue weighted by atomic mass is 127. The van der Waals surface area contributed by atoms with Gasteiger partial charge < -0.3 is 20.3 Å². The van der Waals surface area contributed by atoms with Crippen molar-refractivity contribution in [3.05, 3.63) is 29.8 Å². The molecule has 1 aromatic rings. The van der Waals surface area contributed by atoms with Crippen LogP contribution in [-0.2, 0) is 6.54 Å². The topological polar surface area (TPSA) is 48.9 Å². The summed E-state index contributed by atoms with van der Waals surface area (Å²) >= 11 is 0. The zero-order valence-electron chi connectivity index (χ0n) is 17.1. The minimum Gasteiger partial charge on any atom is -0.484 e. The standard InChI is InChI=1S/C20H31F3N4O.HI/c1-3-10-27-11-8-17(9-12-27)26-19(24-4-2)25-14-16-6-5-7-18(13-16)28-15-20(21,22)23;/h5-7,13,17H,3-4,8-12,14-15H2,1-2H3,(H2,24,25,26);1H. The van der Waals surface area contributed by atoms with Crippen LogP contribution in [0.2, 0.25) is 0 Å². The second-order valence-corrected chi connectivity index (χ2v) is 7.01. The Balaban J connectivity index is 0.00000420. The van der Waals surface area contributed by atoms with Gasteiger partial charge in [0.15, 0.2) is 12.6 Å². The lowest BCUT2D eigenvalue weighted by Gasteiger charge is -2.32. The van der Waals surface area contributed by atoms with Gasteiger partial charge in [0.1, 0.15) is 5.75 Å². The highest BCUT2D eigenvalue weighted by molar-refractivity contribution is 14.0. The number of piperidine rings is 1. The average Bonchev–Trinajstić information content (AvgIpc) is 2.66. The Kier molecular flexibility index (Phi) is 11.7. The molecule has 5 nitrogen and oxygen atoms in total. The lowest BCUT2D eigenvalue weighted by molar-refractivity contribution is -0.153. The molecule has 0 aromatic heterocycles. The van der Waals surface area contributed by atoms with Gasteiger partial charge in [-0.05, 0) is 50.4 Å². The maximum absolute atomic E-state index is 12.3. The summed E-state index contributed by atoms with van der Waals surface area (Å²) in [6, 6.07) is 7.01. The third kappa shape index (κ3) is 10.4. The van der Waals surface area contributed by atoms with Gasteiger partial charge in [0.25, 0.3) is 0 Å². The molecule has 2 rings (SSSR count). The van der Waals surface area contributed by atoms with Crippen LogP contribution < -0.4 is 15.4 Å². The van der Waals surface area contributed by atoms with Gasteiger partial charge in [-0.3, -0.25) is 0 Å². The third-order valence-electron chi connectivity index (χ3n) is 4.53. The van der Waals surface area contributed by atoms with Gasteiger partial charge in [0, 0.05) is 25.7 Å². The van der Waals surface area contributed by atoms with E-state index in [-0.39, 0.29) is 29.7 Å². The first-order valence-electron chi connectivity index (χ1n) is 9.95. The summed E-state index contributed by atoms with van der Waals surface area (Å²) in [5.41, 5.74) is 0.801. The van der Waals surface area contributed by atoms with Crippen LogP contribution in [0, 0.1) is 0 Å². The molecule has 0 saturated carbocycles. The molecule has 29 heavy (non-hydrogen) atoms. The number of ether oxygens (including phenoxy) is 1. The second-order valence-electron chi connectivity index (χ2n) is 7.01. The number of alkyl halides is 3. The lowest BCUT2D eigenvalue weighted by atomic mass is 10.1. The van der Waals surface area contributed by atoms with E-state index >= 15 is 0 Å². The van der Waals surface area contributed by atoms with Crippen molar-refractivity contribution in [1.29, 1.82) is 0 Å². The van der Waals surface area contributed by atoms with Crippen molar-refractivity contribution in [2.45, 2.75) is 51.9 Å². The second kappa shape index (κ2) is 13.1. The predicted molar refractivity (Wildman–Crippen MR) is 121 cm³/mol. The van der Waals surface area contributed by atoms with Crippen LogP contribution in [0.25, 0.3) is 0 Å². The van der Waals surface area contributed by atoms with Crippen molar-refractivity contribution in [1.82, 2.24) is 15.5 Å². The Morgan fingerprint density at radius 1 is 1.24 bits per heavy atom. The molecule has 166 valence electrons. The number of hydrogen-bond donors (Lipinski definition) is 2. The van der Waals surface area contributed by atoms with Crippen LogP contribution in [0.15, 0.2) is 29.3 Å². The van der Waals surface area contributed by atoms with Crippen molar-refractivity contribution in [2.24, 2.45) is 4.99 Å². The van der Waals surface area contributed by atoms with E-state index in [1.54, 1.807) is 12.1 Å². The molecule has 0 bridgehead atoms. The molecule has 1 aliphatic rings. The smallest absolute Gasteiger partial charge is 0.422 e. The van der Waals surface area contributed by atoms with Crippen LogP contribution >= 0.6 is 24.0 Å². The Labute approximate surface area is 188 Å². The first kappa shape index (κ1) is 25.8. The van der Waals surface area contributed by atoms with E-state index in [1.807, 2.05) is 13.0 Å². The van der Waals surface area contributed by atoms with Crippen LogP contribution in [0.5, 0.6) is 5.75 Å². The van der Waals surface area contributed by atoms with Crippen LogP contribution in [0.3, 0.4) is 0 Å². The van der Waals surface area contributed by atoms with E-state index < -0.39 is 12.8 Å². The Bertz CT molecular complexity index is 620. The molecule has 0 spiro atoms. The van der Waals surface area contributed by atoms with E-state index in [1.165, 1.54) is 12.5 Å². The van der Waals surface area contributed by atoms with Crippen molar-refractivity contribution in [3.8, 4) is 5.75 Å². The van der Waals surface area contributed by atoms with Crippen molar-refractivity contribution in [2.75, 3.05) is 32.8 Å².